The fourth-order valence-corrected chi connectivity index (χ4v) is 1.56. The highest BCUT2D eigenvalue weighted by Gasteiger charge is 2.06. The van der Waals surface area contributed by atoms with E-state index in [0.29, 0.717) is 0 Å². The first-order valence-electron chi connectivity index (χ1n) is 6.73. The Hall–Kier alpha value is -0.340. The fourth-order valence-electron chi connectivity index (χ4n) is 1.56. The van der Waals surface area contributed by atoms with Crippen molar-refractivity contribution in [3.8, 4) is 0 Å². The zero-order chi connectivity index (χ0) is 12.1. The van der Waals surface area contributed by atoms with Crippen molar-refractivity contribution in [2.24, 2.45) is 0 Å². The minimum atomic E-state index is 0.00891. The molecule has 0 radical (unpaired) electrons. The largest absolute Gasteiger partial charge is 0.353 e. The summed E-state index contributed by atoms with van der Waals surface area (Å²) in [5.41, 5.74) is 0. The van der Waals surface area contributed by atoms with E-state index in [0.717, 1.165) is 19.6 Å². The second kappa shape index (κ2) is 12.7. The molecular weight excluding hydrogens is 200 g/mol. The number of hydrogen-bond acceptors (Lipinski definition) is 2. The number of rotatable bonds is 11. The minimum Gasteiger partial charge on any atom is -0.353 e. The average molecular weight is 228 g/mol. The van der Waals surface area contributed by atoms with Gasteiger partial charge in [-0.05, 0) is 46.0 Å². The molecule has 0 amide bonds. The standard InChI is InChI=1S/C14H28O2/c1-4-7-8-9-10-11-12-13-14(15-5-2)16-6-3/h8-9,14H,4-7,10-13H2,1-3H3/b9-8+. The van der Waals surface area contributed by atoms with E-state index in [1.54, 1.807) is 0 Å². The van der Waals surface area contributed by atoms with Crippen LogP contribution in [0.1, 0.15) is 59.3 Å². The van der Waals surface area contributed by atoms with E-state index in [9.17, 15) is 0 Å². The highest BCUT2D eigenvalue weighted by molar-refractivity contribution is 4.80. The van der Waals surface area contributed by atoms with E-state index in [4.69, 9.17) is 9.47 Å². The van der Waals surface area contributed by atoms with Gasteiger partial charge < -0.3 is 9.47 Å². The molecule has 0 aliphatic heterocycles. The Labute approximate surface area is 101 Å². The summed E-state index contributed by atoms with van der Waals surface area (Å²) in [6.45, 7) is 7.71. The van der Waals surface area contributed by atoms with Crippen molar-refractivity contribution < 1.29 is 9.47 Å². The lowest BCUT2D eigenvalue weighted by Gasteiger charge is -2.16. The van der Waals surface area contributed by atoms with Gasteiger partial charge in [-0.3, -0.25) is 0 Å². The van der Waals surface area contributed by atoms with Gasteiger partial charge in [0, 0.05) is 13.2 Å². The zero-order valence-corrected chi connectivity index (χ0v) is 11.2. The van der Waals surface area contributed by atoms with Crippen molar-refractivity contribution in [1.82, 2.24) is 0 Å². The molecule has 0 atom stereocenters. The van der Waals surface area contributed by atoms with Crippen LogP contribution in [0.5, 0.6) is 0 Å². The first kappa shape index (κ1) is 15.7. The zero-order valence-electron chi connectivity index (χ0n) is 11.2. The van der Waals surface area contributed by atoms with Gasteiger partial charge >= 0.3 is 0 Å². The summed E-state index contributed by atoms with van der Waals surface area (Å²) in [4.78, 5) is 0. The van der Waals surface area contributed by atoms with E-state index in [-0.39, 0.29) is 6.29 Å². The van der Waals surface area contributed by atoms with Crippen molar-refractivity contribution >= 4 is 0 Å². The fraction of sp³-hybridized carbons (Fsp3) is 0.857. The quantitative estimate of drug-likeness (QED) is 0.298. The summed E-state index contributed by atoms with van der Waals surface area (Å²) < 4.78 is 11.0. The molecule has 0 unspecified atom stereocenters. The highest BCUT2D eigenvalue weighted by Crippen LogP contribution is 2.09. The van der Waals surface area contributed by atoms with Crippen LogP contribution >= 0.6 is 0 Å². The first-order valence-corrected chi connectivity index (χ1v) is 6.73. The van der Waals surface area contributed by atoms with Crippen LogP contribution in [0.2, 0.25) is 0 Å². The number of ether oxygens (including phenoxy) is 2. The maximum atomic E-state index is 5.49. The van der Waals surface area contributed by atoms with E-state index < -0.39 is 0 Å². The molecule has 0 spiro atoms. The van der Waals surface area contributed by atoms with E-state index >= 15 is 0 Å². The molecule has 0 aliphatic rings. The third-order valence-corrected chi connectivity index (χ3v) is 2.39. The lowest BCUT2D eigenvalue weighted by molar-refractivity contribution is -0.140. The Morgan fingerprint density at radius 3 is 2.06 bits per heavy atom. The van der Waals surface area contributed by atoms with Crippen LogP contribution in [0.3, 0.4) is 0 Å². The van der Waals surface area contributed by atoms with E-state index in [1.165, 1.54) is 32.1 Å². The van der Waals surface area contributed by atoms with E-state index in [1.807, 2.05) is 13.8 Å². The first-order chi connectivity index (χ1) is 7.85. The second-order valence-electron chi connectivity index (χ2n) is 3.88. The van der Waals surface area contributed by atoms with Crippen molar-refractivity contribution in [3.63, 3.8) is 0 Å². The van der Waals surface area contributed by atoms with Crippen LogP contribution in [0.4, 0.5) is 0 Å². The Bertz CT molecular complexity index is 149. The van der Waals surface area contributed by atoms with E-state index in [2.05, 4.69) is 19.1 Å². The molecule has 0 aliphatic carbocycles. The number of hydrogen-bond donors (Lipinski definition) is 0. The summed E-state index contributed by atoms with van der Waals surface area (Å²) in [6.07, 6.45) is 11.7. The van der Waals surface area contributed by atoms with Gasteiger partial charge in [0.1, 0.15) is 0 Å². The van der Waals surface area contributed by atoms with Crippen LogP contribution in [0.25, 0.3) is 0 Å². The lowest BCUT2D eigenvalue weighted by atomic mass is 10.1. The smallest absolute Gasteiger partial charge is 0.157 e. The van der Waals surface area contributed by atoms with Crippen molar-refractivity contribution in [2.45, 2.75) is 65.6 Å². The summed E-state index contributed by atoms with van der Waals surface area (Å²) >= 11 is 0. The van der Waals surface area contributed by atoms with Gasteiger partial charge in [-0.15, -0.1) is 0 Å². The van der Waals surface area contributed by atoms with Crippen LogP contribution in [0.15, 0.2) is 12.2 Å². The summed E-state index contributed by atoms with van der Waals surface area (Å²) in [7, 11) is 0. The summed E-state index contributed by atoms with van der Waals surface area (Å²) in [5, 5.41) is 0. The molecule has 0 heterocycles. The summed E-state index contributed by atoms with van der Waals surface area (Å²) in [5.74, 6) is 0. The van der Waals surface area contributed by atoms with Crippen LogP contribution < -0.4 is 0 Å². The van der Waals surface area contributed by atoms with Crippen molar-refractivity contribution in [2.75, 3.05) is 13.2 Å². The molecule has 2 heteroatoms. The van der Waals surface area contributed by atoms with Gasteiger partial charge in [-0.2, -0.15) is 0 Å². The SMILES string of the molecule is CCC/C=C/CCCCC(OCC)OCC. The molecule has 2 nitrogen and oxygen atoms in total. The Morgan fingerprint density at radius 2 is 1.50 bits per heavy atom. The molecule has 0 aromatic carbocycles. The molecule has 0 bridgehead atoms. The van der Waals surface area contributed by atoms with Crippen LogP contribution in [0, 0.1) is 0 Å². The lowest BCUT2D eigenvalue weighted by Crippen LogP contribution is -2.17. The van der Waals surface area contributed by atoms with Crippen LogP contribution in [-0.4, -0.2) is 19.5 Å². The molecule has 0 rings (SSSR count). The highest BCUT2D eigenvalue weighted by atomic mass is 16.7. The maximum absolute atomic E-state index is 5.49. The predicted molar refractivity (Wildman–Crippen MR) is 69.6 cm³/mol. The molecule has 0 aromatic heterocycles. The molecule has 0 saturated carbocycles. The maximum Gasteiger partial charge on any atom is 0.157 e. The third-order valence-electron chi connectivity index (χ3n) is 2.39. The van der Waals surface area contributed by atoms with Crippen molar-refractivity contribution in [3.05, 3.63) is 12.2 Å². The molecule has 0 aromatic rings. The minimum absolute atomic E-state index is 0.00891. The molecule has 0 saturated heterocycles. The number of unbranched alkanes of at least 4 members (excludes halogenated alkanes) is 3. The van der Waals surface area contributed by atoms with Gasteiger partial charge in [0.25, 0.3) is 0 Å². The number of allylic oxidation sites excluding steroid dienone is 2. The van der Waals surface area contributed by atoms with Crippen molar-refractivity contribution in [1.29, 1.82) is 0 Å². The second-order valence-corrected chi connectivity index (χ2v) is 3.88. The molecule has 96 valence electrons. The third kappa shape index (κ3) is 10.2. The molecule has 0 N–H and O–H groups in total. The van der Waals surface area contributed by atoms with Gasteiger partial charge in [-0.1, -0.05) is 25.5 Å². The van der Waals surface area contributed by atoms with Gasteiger partial charge in [-0.25, -0.2) is 0 Å². The summed E-state index contributed by atoms with van der Waals surface area (Å²) in [6, 6.07) is 0. The van der Waals surface area contributed by atoms with Crippen LogP contribution in [-0.2, 0) is 9.47 Å². The Kier molecular flexibility index (Phi) is 12.5. The monoisotopic (exact) mass is 228 g/mol. The van der Waals surface area contributed by atoms with Gasteiger partial charge in [0.05, 0.1) is 0 Å². The molecule has 0 fully saturated rings. The van der Waals surface area contributed by atoms with Gasteiger partial charge in [0.15, 0.2) is 6.29 Å². The Balaban J connectivity index is 3.39. The average Bonchev–Trinajstić information content (AvgIpc) is 2.28. The van der Waals surface area contributed by atoms with Gasteiger partial charge in [0.2, 0.25) is 0 Å². The topological polar surface area (TPSA) is 18.5 Å². The molecule has 16 heavy (non-hydrogen) atoms. The molecular formula is C14H28O2. The Morgan fingerprint density at radius 1 is 0.875 bits per heavy atom. The normalized spacial score (nSPS) is 11.8. The predicted octanol–water partition coefficient (Wildman–Crippen LogP) is 4.30.